The zero-order valence-electron chi connectivity index (χ0n) is 17.4. The van der Waals surface area contributed by atoms with Crippen LogP contribution in [-0.2, 0) is 5.60 Å². The van der Waals surface area contributed by atoms with Crippen LogP contribution in [0.25, 0.3) is 27.3 Å². The number of benzene rings is 3. The van der Waals surface area contributed by atoms with Crippen molar-refractivity contribution in [2.75, 3.05) is 7.11 Å². The highest BCUT2D eigenvalue weighted by molar-refractivity contribution is 7.13. The molecule has 32 heavy (non-hydrogen) atoms. The third-order valence-corrected chi connectivity index (χ3v) is 7.90. The maximum atomic E-state index is 6.85. The summed E-state index contributed by atoms with van der Waals surface area (Å²) in [6, 6.07) is 27.5. The van der Waals surface area contributed by atoms with Crippen molar-refractivity contribution in [3.63, 3.8) is 0 Å². The molecule has 0 aliphatic carbocycles. The van der Waals surface area contributed by atoms with Crippen molar-refractivity contribution in [3.05, 3.63) is 112 Å². The van der Waals surface area contributed by atoms with Crippen molar-refractivity contribution in [3.8, 4) is 21.9 Å². The van der Waals surface area contributed by atoms with E-state index in [4.69, 9.17) is 9.47 Å². The molecule has 0 amide bonds. The summed E-state index contributed by atoms with van der Waals surface area (Å²) in [4.78, 5) is 2.43. The zero-order chi connectivity index (χ0) is 21.5. The van der Waals surface area contributed by atoms with Gasteiger partial charge in [0.15, 0.2) is 5.60 Å². The Hall–Kier alpha value is -3.34. The molecule has 0 bridgehead atoms. The minimum absolute atomic E-state index is 0.660. The van der Waals surface area contributed by atoms with Gasteiger partial charge in [0.25, 0.3) is 0 Å². The van der Waals surface area contributed by atoms with E-state index in [1.165, 1.54) is 21.2 Å². The van der Waals surface area contributed by atoms with Gasteiger partial charge in [0, 0.05) is 16.0 Å². The average Bonchev–Trinajstić information content (AvgIpc) is 3.58. The third-order valence-electron chi connectivity index (χ3n) is 6.01. The second-order valence-corrected chi connectivity index (χ2v) is 9.63. The number of ether oxygens (including phenoxy) is 2. The molecular formula is C28H20O2S2. The molecule has 3 heterocycles. The Labute approximate surface area is 195 Å². The average molecular weight is 453 g/mol. The van der Waals surface area contributed by atoms with Crippen molar-refractivity contribution in [1.82, 2.24) is 0 Å². The fourth-order valence-electron chi connectivity index (χ4n) is 4.44. The monoisotopic (exact) mass is 452 g/mol. The van der Waals surface area contributed by atoms with E-state index in [0.717, 1.165) is 27.5 Å². The van der Waals surface area contributed by atoms with Crippen LogP contribution >= 0.6 is 22.7 Å². The SMILES string of the molecule is COc1ccc(C2(c3cccs3)C=Cc3c(ccc4c(-c5cccs5)cccc34)O2)cc1. The molecule has 2 nitrogen and oxygen atoms in total. The Kier molecular flexibility index (Phi) is 4.63. The van der Waals surface area contributed by atoms with E-state index in [1.807, 2.05) is 12.1 Å². The van der Waals surface area contributed by atoms with E-state index >= 15 is 0 Å². The first-order valence-corrected chi connectivity index (χ1v) is 12.2. The van der Waals surface area contributed by atoms with Gasteiger partial charge in [0.05, 0.1) is 12.0 Å². The minimum Gasteiger partial charge on any atom is -0.497 e. The van der Waals surface area contributed by atoms with Gasteiger partial charge >= 0.3 is 0 Å². The number of hydrogen-bond donors (Lipinski definition) is 0. The predicted octanol–water partition coefficient (Wildman–Crippen LogP) is 7.99. The van der Waals surface area contributed by atoms with Crippen LogP contribution in [0, 0.1) is 0 Å². The molecule has 0 saturated heterocycles. The molecular weight excluding hydrogens is 432 g/mol. The highest BCUT2D eigenvalue weighted by atomic mass is 32.1. The van der Waals surface area contributed by atoms with Crippen molar-refractivity contribution in [2.24, 2.45) is 0 Å². The lowest BCUT2D eigenvalue weighted by Crippen LogP contribution is -2.33. The van der Waals surface area contributed by atoms with E-state index < -0.39 is 5.60 Å². The van der Waals surface area contributed by atoms with Crippen molar-refractivity contribution < 1.29 is 9.47 Å². The van der Waals surface area contributed by atoms with E-state index in [1.54, 1.807) is 29.8 Å². The Morgan fingerprint density at radius 3 is 2.38 bits per heavy atom. The van der Waals surface area contributed by atoms with Crippen LogP contribution in [0.1, 0.15) is 16.0 Å². The van der Waals surface area contributed by atoms with Crippen LogP contribution in [0.2, 0.25) is 0 Å². The van der Waals surface area contributed by atoms with E-state index in [9.17, 15) is 0 Å². The maximum absolute atomic E-state index is 6.85. The number of methoxy groups -OCH3 is 1. The topological polar surface area (TPSA) is 18.5 Å². The number of fused-ring (bicyclic) bond motifs is 3. The first-order chi connectivity index (χ1) is 15.8. The van der Waals surface area contributed by atoms with Gasteiger partial charge < -0.3 is 9.47 Å². The molecule has 1 aliphatic heterocycles. The van der Waals surface area contributed by atoms with Crippen molar-refractivity contribution in [1.29, 1.82) is 0 Å². The molecule has 0 radical (unpaired) electrons. The lowest BCUT2D eigenvalue weighted by atomic mass is 9.87. The van der Waals surface area contributed by atoms with Crippen LogP contribution in [0.3, 0.4) is 0 Å². The molecule has 0 saturated carbocycles. The molecule has 1 atom stereocenters. The second-order valence-electron chi connectivity index (χ2n) is 7.73. The van der Waals surface area contributed by atoms with Crippen LogP contribution in [-0.4, -0.2) is 7.11 Å². The zero-order valence-corrected chi connectivity index (χ0v) is 19.1. The summed E-state index contributed by atoms with van der Waals surface area (Å²) in [6.07, 6.45) is 4.42. The molecule has 6 rings (SSSR count). The molecule has 1 unspecified atom stereocenters. The predicted molar refractivity (Wildman–Crippen MR) is 135 cm³/mol. The van der Waals surface area contributed by atoms with Crippen molar-refractivity contribution in [2.45, 2.75) is 5.60 Å². The van der Waals surface area contributed by atoms with Crippen LogP contribution < -0.4 is 9.47 Å². The van der Waals surface area contributed by atoms with Gasteiger partial charge in [-0.1, -0.05) is 42.5 Å². The highest BCUT2D eigenvalue weighted by Crippen LogP contribution is 2.46. The van der Waals surface area contributed by atoms with Crippen LogP contribution in [0.15, 0.2) is 95.7 Å². The van der Waals surface area contributed by atoms with Gasteiger partial charge in [-0.15, -0.1) is 22.7 Å². The normalized spacial score (nSPS) is 17.2. The first-order valence-electron chi connectivity index (χ1n) is 10.4. The van der Waals surface area contributed by atoms with Crippen LogP contribution in [0.4, 0.5) is 0 Å². The summed E-state index contributed by atoms with van der Waals surface area (Å²) in [5, 5.41) is 6.68. The minimum atomic E-state index is -0.660. The lowest BCUT2D eigenvalue weighted by Gasteiger charge is -2.35. The van der Waals surface area contributed by atoms with Gasteiger partial charge in [-0.3, -0.25) is 0 Å². The Balaban J connectivity index is 1.52. The smallest absolute Gasteiger partial charge is 0.187 e. The van der Waals surface area contributed by atoms with E-state index in [0.29, 0.717) is 0 Å². The van der Waals surface area contributed by atoms with Crippen molar-refractivity contribution >= 4 is 39.5 Å². The fraction of sp³-hybridized carbons (Fsp3) is 0.0714. The Bertz CT molecular complexity index is 1410. The number of hydrogen-bond acceptors (Lipinski definition) is 4. The Morgan fingerprint density at radius 2 is 1.62 bits per heavy atom. The molecule has 5 aromatic rings. The molecule has 2 aromatic heterocycles. The Morgan fingerprint density at radius 1 is 0.781 bits per heavy atom. The maximum Gasteiger partial charge on any atom is 0.187 e. The largest absolute Gasteiger partial charge is 0.497 e. The molecule has 0 spiro atoms. The van der Waals surface area contributed by atoms with Gasteiger partial charge in [0.2, 0.25) is 0 Å². The van der Waals surface area contributed by atoms with Gasteiger partial charge in [-0.05, 0) is 75.6 Å². The summed E-state index contributed by atoms with van der Waals surface area (Å²) in [7, 11) is 1.69. The molecule has 4 heteroatoms. The molecule has 3 aromatic carbocycles. The van der Waals surface area contributed by atoms with E-state index in [-0.39, 0.29) is 0 Å². The molecule has 1 aliphatic rings. The third kappa shape index (κ3) is 2.99. The standard InChI is InChI=1S/C28H20O2S2/c1-29-20-11-9-19(10-12-20)28(27-8-4-18-32-27)16-15-23-21-5-2-6-24(26-7-3-17-31-26)22(21)13-14-25(23)30-28/h2-18H,1H3. The number of rotatable bonds is 4. The molecule has 0 N–H and O–H groups in total. The quantitative estimate of drug-likeness (QED) is 0.275. The fourth-order valence-corrected chi connectivity index (χ4v) is 6.06. The van der Waals surface area contributed by atoms with Gasteiger partial charge in [0.1, 0.15) is 11.5 Å². The second kappa shape index (κ2) is 7.66. The summed E-state index contributed by atoms with van der Waals surface area (Å²) >= 11 is 3.47. The summed E-state index contributed by atoms with van der Waals surface area (Å²) < 4.78 is 12.2. The van der Waals surface area contributed by atoms with E-state index in [2.05, 4.69) is 89.6 Å². The highest BCUT2D eigenvalue weighted by Gasteiger charge is 2.38. The molecule has 0 fully saturated rings. The summed E-state index contributed by atoms with van der Waals surface area (Å²) in [5.74, 6) is 1.73. The summed E-state index contributed by atoms with van der Waals surface area (Å²) in [5.41, 5.74) is 2.81. The first kappa shape index (κ1) is 19.4. The number of thiophene rings is 2. The molecule has 156 valence electrons. The van der Waals surface area contributed by atoms with Gasteiger partial charge in [-0.25, -0.2) is 0 Å². The lowest BCUT2D eigenvalue weighted by molar-refractivity contribution is 0.165. The van der Waals surface area contributed by atoms with Gasteiger partial charge in [-0.2, -0.15) is 0 Å². The summed E-state index contributed by atoms with van der Waals surface area (Å²) in [6.45, 7) is 0. The van der Waals surface area contributed by atoms with Crippen LogP contribution in [0.5, 0.6) is 11.5 Å².